The quantitative estimate of drug-likeness (QED) is 0.893. The van der Waals surface area contributed by atoms with Crippen molar-refractivity contribution in [3.05, 3.63) is 0 Å². The summed E-state index contributed by atoms with van der Waals surface area (Å²) in [7, 11) is 1.55. The van der Waals surface area contributed by atoms with Gasteiger partial charge in [-0.25, -0.2) is 0 Å². The number of hydrogen-bond acceptors (Lipinski definition) is 6. The Morgan fingerprint density at radius 3 is 2.63 bits per heavy atom. The lowest BCUT2D eigenvalue weighted by Gasteiger charge is -2.29. The van der Waals surface area contributed by atoms with Gasteiger partial charge in [-0.3, -0.25) is 0 Å². The molecule has 0 amide bonds. The number of aromatic nitrogens is 3. The average molecular weight is 263 g/mol. The summed E-state index contributed by atoms with van der Waals surface area (Å²) in [4.78, 5) is 14.9. The molecule has 104 valence electrons. The Morgan fingerprint density at radius 2 is 1.89 bits per heavy atom. The molecular formula is C13H21N5O. The highest BCUT2D eigenvalue weighted by Crippen LogP contribution is 2.36. The van der Waals surface area contributed by atoms with Gasteiger partial charge in [0.25, 0.3) is 0 Å². The maximum Gasteiger partial charge on any atom is 0.322 e. The van der Waals surface area contributed by atoms with Crippen molar-refractivity contribution in [2.24, 2.45) is 5.92 Å². The predicted octanol–water partition coefficient (Wildman–Crippen LogP) is 1.62. The Bertz CT molecular complexity index is 447. The first kappa shape index (κ1) is 12.4. The number of methoxy groups -OCH3 is 1. The molecule has 2 N–H and O–H groups in total. The second-order valence-electron chi connectivity index (χ2n) is 5.43. The summed E-state index contributed by atoms with van der Waals surface area (Å²) in [5, 5.41) is 0. The van der Waals surface area contributed by atoms with E-state index in [9.17, 15) is 0 Å². The normalized spacial score (nSPS) is 24.1. The van der Waals surface area contributed by atoms with Gasteiger partial charge < -0.3 is 15.4 Å². The van der Waals surface area contributed by atoms with Crippen molar-refractivity contribution in [1.29, 1.82) is 0 Å². The number of nitrogens with zero attached hydrogens (tertiary/aromatic N) is 4. The van der Waals surface area contributed by atoms with E-state index in [4.69, 9.17) is 10.5 Å². The molecule has 0 aromatic carbocycles. The summed E-state index contributed by atoms with van der Waals surface area (Å²) in [6.07, 6.45) is 7.82. The molecule has 1 saturated heterocycles. The van der Waals surface area contributed by atoms with Crippen LogP contribution in [0.1, 0.15) is 38.5 Å². The van der Waals surface area contributed by atoms with Gasteiger partial charge in [0.2, 0.25) is 11.9 Å². The Balaban J connectivity index is 1.85. The van der Waals surface area contributed by atoms with Crippen LogP contribution in [0.2, 0.25) is 0 Å². The largest absolute Gasteiger partial charge is 0.467 e. The summed E-state index contributed by atoms with van der Waals surface area (Å²) < 4.78 is 5.09. The van der Waals surface area contributed by atoms with Crippen LogP contribution in [0, 0.1) is 5.92 Å². The summed E-state index contributed by atoms with van der Waals surface area (Å²) in [6, 6.07) is 0.869. The Kier molecular flexibility index (Phi) is 3.40. The van der Waals surface area contributed by atoms with Crippen molar-refractivity contribution in [2.45, 2.75) is 44.6 Å². The van der Waals surface area contributed by atoms with Crippen LogP contribution in [-0.4, -0.2) is 34.6 Å². The molecule has 2 aliphatic rings. The number of hydrogen-bond donors (Lipinski definition) is 1. The number of rotatable bonds is 3. The maximum absolute atomic E-state index is 5.73. The van der Waals surface area contributed by atoms with Crippen LogP contribution in [0.5, 0.6) is 6.01 Å². The van der Waals surface area contributed by atoms with Gasteiger partial charge in [-0.2, -0.15) is 15.0 Å². The van der Waals surface area contributed by atoms with E-state index < -0.39 is 0 Å². The lowest BCUT2D eigenvalue weighted by Crippen LogP contribution is -2.36. The summed E-state index contributed by atoms with van der Waals surface area (Å²) >= 11 is 0. The van der Waals surface area contributed by atoms with Crippen LogP contribution < -0.4 is 15.4 Å². The third-order valence-corrected chi connectivity index (χ3v) is 4.30. The Labute approximate surface area is 113 Å². The first-order chi connectivity index (χ1) is 9.28. The second kappa shape index (κ2) is 5.19. The molecule has 6 nitrogen and oxygen atoms in total. The van der Waals surface area contributed by atoms with Crippen LogP contribution in [-0.2, 0) is 0 Å². The molecule has 1 atom stereocenters. The molecule has 1 saturated carbocycles. The van der Waals surface area contributed by atoms with Gasteiger partial charge in [0.05, 0.1) is 7.11 Å². The van der Waals surface area contributed by atoms with E-state index in [0.717, 1.165) is 12.5 Å². The smallest absolute Gasteiger partial charge is 0.322 e. The fraction of sp³-hybridized carbons (Fsp3) is 0.769. The van der Waals surface area contributed by atoms with Crippen LogP contribution >= 0.6 is 0 Å². The van der Waals surface area contributed by atoms with E-state index in [-0.39, 0.29) is 5.95 Å². The zero-order chi connectivity index (χ0) is 13.2. The molecule has 1 aliphatic carbocycles. The van der Waals surface area contributed by atoms with Crippen molar-refractivity contribution in [1.82, 2.24) is 15.0 Å². The van der Waals surface area contributed by atoms with Gasteiger partial charge in [0.15, 0.2) is 0 Å². The number of ether oxygens (including phenoxy) is 1. The van der Waals surface area contributed by atoms with Gasteiger partial charge in [0.1, 0.15) is 0 Å². The highest BCUT2D eigenvalue weighted by atomic mass is 16.5. The minimum atomic E-state index is 0.235. The first-order valence-corrected chi connectivity index (χ1v) is 7.10. The maximum atomic E-state index is 5.73. The predicted molar refractivity (Wildman–Crippen MR) is 73.1 cm³/mol. The summed E-state index contributed by atoms with van der Waals surface area (Å²) in [5.41, 5.74) is 5.73. The van der Waals surface area contributed by atoms with Crippen LogP contribution in [0.3, 0.4) is 0 Å². The Hall–Kier alpha value is -1.59. The minimum absolute atomic E-state index is 0.235. The van der Waals surface area contributed by atoms with E-state index in [0.29, 0.717) is 18.0 Å². The highest BCUT2D eigenvalue weighted by Gasteiger charge is 2.35. The van der Waals surface area contributed by atoms with Gasteiger partial charge in [0, 0.05) is 12.6 Å². The summed E-state index contributed by atoms with van der Waals surface area (Å²) in [5.74, 6) is 1.70. The van der Waals surface area contributed by atoms with Crippen LogP contribution in [0.15, 0.2) is 0 Å². The van der Waals surface area contributed by atoms with Crippen molar-refractivity contribution < 1.29 is 4.74 Å². The molecule has 1 unspecified atom stereocenters. The third-order valence-electron chi connectivity index (χ3n) is 4.30. The molecule has 0 radical (unpaired) electrons. The first-order valence-electron chi connectivity index (χ1n) is 7.10. The van der Waals surface area contributed by atoms with Crippen LogP contribution in [0.4, 0.5) is 11.9 Å². The fourth-order valence-electron chi connectivity index (χ4n) is 3.45. The fourth-order valence-corrected chi connectivity index (χ4v) is 3.45. The summed E-state index contributed by atoms with van der Waals surface area (Å²) in [6.45, 7) is 1.01. The molecule has 2 fully saturated rings. The molecule has 1 aromatic rings. The lowest BCUT2D eigenvalue weighted by molar-refractivity contribution is 0.376. The number of nitrogen functional groups attached to an aromatic ring is 1. The molecular weight excluding hydrogens is 242 g/mol. The topological polar surface area (TPSA) is 77.2 Å². The van der Waals surface area contributed by atoms with E-state index >= 15 is 0 Å². The van der Waals surface area contributed by atoms with Crippen molar-refractivity contribution in [3.63, 3.8) is 0 Å². The second-order valence-corrected chi connectivity index (χ2v) is 5.43. The molecule has 0 spiro atoms. The number of anilines is 2. The lowest BCUT2D eigenvalue weighted by atomic mass is 9.96. The van der Waals surface area contributed by atoms with Crippen molar-refractivity contribution in [3.8, 4) is 6.01 Å². The van der Waals surface area contributed by atoms with Crippen molar-refractivity contribution in [2.75, 3.05) is 24.3 Å². The van der Waals surface area contributed by atoms with E-state index in [1.54, 1.807) is 7.11 Å². The van der Waals surface area contributed by atoms with Gasteiger partial charge in [-0.1, -0.05) is 12.8 Å². The molecule has 1 aromatic heterocycles. The standard InChI is InChI=1S/C13H21N5O/c1-19-13-16-11(14)15-12(17-13)18-8-4-7-10(18)9-5-2-3-6-9/h9-10H,2-8H2,1H3,(H2,14,15,16,17). The molecule has 0 bridgehead atoms. The highest BCUT2D eigenvalue weighted by molar-refractivity contribution is 5.38. The molecule has 3 rings (SSSR count). The zero-order valence-corrected chi connectivity index (χ0v) is 11.4. The van der Waals surface area contributed by atoms with Crippen molar-refractivity contribution >= 4 is 11.9 Å². The SMILES string of the molecule is COc1nc(N)nc(N2CCCC2C2CCCC2)n1. The van der Waals surface area contributed by atoms with E-state index in [2.05, 4.69) is 19.9 Å². The van der Waals surface area contributed by atoms with Gasteiger partial charge in [-0.05, 0) is 31.6 Å². The molecule has 19 heavy (non-hydrogen) atoms. The molecule has 2 heterocycles. The molecule has 1 aliphatic heterocycles. The number of nitrogens with two attached hydrogens (primary N) is 1. The monoisotopic (exact) mass is 263 g/mol. The van der Waals surface area contributed by atoms with Gasteiger partial charge >= 0.3 is 6.01 Å². The third kappa shape index (κ3) is 2.43. The average Bonchev–Trinajstić information content (AvgIpc) is 3.08. The van der Waals surface area contributed by atoms with E-state index in [1.165, 1.54) is 38.5 Å². The Morgan fingerprint density at radius 1 is 1.11 bits per heavy atom. The van der Waals surface area contributed by atoms with Crippen LogP contribution in [0.25, 0.3) is 0 Å². The van der Waals surface area contributed by atoms with E-state index in [1.807, 2.05) is 0 Å². The minimum Gasteiger partial charge on any atom is -0.467 e. The van der Waals surface area contributed by atoms with Gasteiger partial charge in [-0.15, -0.1) is 0 Å². The molecule has 6 heteroatoms. The zero-order valence-electron chi connectivity index (χ0n) is 11.4.